The number of hydrogen-bond acceptors (Lipinski definition) is 6. The lowest BCUT2D eigenvalue weighted by Gasteiger charge is -2.22. The van der Waals surface area contributed by atoms with Crippen LogP contribution in [0.1, 0.15) is 25.8 Å². The van der Waals surface area contributed by atoms with E-state index in [0.29, 0.717) is 61.5 Å². The maximum absolute atomic E-state index is 12.4. The Bertz CT molecular complexity index is 911. The van der Waals surface area contributed by atoms with Crippen LogP contribution in [-0.2, 0) is 11.3 Å². The van der Waals surface area contributed by atoms with Gasteiger partial charge in [0.05, 0.1) is 46.6 Å². The number of methoxy groups -OCH3 is 3. The van der Waals surface area contributed by atoms with Gasteiger partial charge in [0, 0.05) is 12.0 Å². The van der Waals surface area contributed by atoms with Gasteiger partial charge in [-0.05, 0) is 30.7 Å². The second-order valence-electron chi connectivity index (χ2n) is 6.78. The summed E-state index contributed by atoms with van der Waals surface area (Å²) in [5, 5.41) is 0. The van der Waals surface area contributed by atoms with Crippen LogP contribution in [0.3, 0.4) is 0 Å². The smallest absolute Gasteiger partial charge is 0.222 e. The highest BCUT2D eigenvalue weighted by atomic mass is 16.5. The van der Waals surface area contributed by atoms with Crippen LogP contribution in [-0.4, -0.2) is 51.9 Å². The van der Waals surface area contributed by atoms with E-state index in [9.17, 15) is 4.79 Å². The predicted molar refractivity (Wildman–Crippen MR) is 114 cm³/mol. The maximum Gasteiger partial charge on any atom is 0.222 e. The molecule has 0 bridgehead atoms. The fourth-order valence-electron chi connectivity index (χ4n) is 3.66. The summed E-state index contributed by atoms with van der Waals surface area (Å²) in [5.41, 5.74) is 2.51. The van der Waals surface area contributed by atoms with Crippen molar-refractivity contribution < 1.29 is 28.5 Å². The number of nitrogens with zero attached hydrogens (tertiary/aromatic N) is 1. The van der Waals surface area contributed by atoms with Crippen molar-refractivity contribution >= 4 is 5.91 Å². The van der Waals surface area contributed by atoms with E-state index in [4.69, 9.17) is 23.7 Å². The standard InChI is InChI=1S/C23H29NO6/c1-6-21(25)24-10-11-30-23-17(14-24)22(28-5)16(13-20(23)29-7-2)15-8-9-18(26-3)19(12-15)27-4/h8-9,12-13H,6-7,10-11,14H2,1-5H3. The van der Waals surface area contributed by atoms with Gasteiger partial charge in [0.25, 0.3) is 0 Å². The topological polar surface area (TPSA) is 66.5 Å². The Balaban J connectivity index is 2.21. The number of carbonyl (C=O) groups is 1. The number of fused-ring (bicyclic) bond motifs is 1. The highest BCUT2D eigenvalue weighted by molar-refractivity contribution is 5.80. The summed E-state index contributed by atoms with van der Waals surface area (Å²) in [7, 11) is 4.82. The van der Waals surface area contributed by atoms with Gasteiger partial charge >= 0.3 is 0 Å². The summed E-state index contributed by atoms with van der Waals surface area (Å²) < 4.78 is 28.6. The van der Waals surface area contributed by atoms with Crippen LogP contribution in [0.4, 0.5) is 0 Å². The summed E-state index contributed by atoms with van der Waals surface area (Å²) in [6, 6.07) is 7.60. The molecular formula is C23H29NO6. The maximum atomic E-state index is 12.4. The van der Waals surface area contributed by atoms with Gasteiger partial charge in [-0.3, -0.25) is 4.79 Å². The summed E-state index contributed by atoms with van der Waals surface area (Å²) in [6.45, 7) is 5.59. The van der Waals surface area contributed by atoms with E-state index in [0.717, 1.165) is 16.7 Å². The van der Waals surface area contributed by atoms with Crippen LogP contribution < -0.4 is 23.7 Å². The Morgan fingerprint density at radius 2 is 1.80 bits per heavy atom. The lowest BCUT2D eigenvalue weighted by atomic mass is 9.98. The van der Waals surface area contributed by atoms with E-state index in [1.807, 2.05) is 38.1 Å². The van der Waals surface area contributed by atoms with Gasteiger partial charge in [0.15, 0.2) is 23.0 Å². The molecule has 0 saturated heterocycles. The Morgan fingerprint density at radius 3 is 2.43 bits per heavy atom. The zero-order valence-corrected chi connectivity index (χ0v) is 18.2. The van der Waals surface area contributed by atoms with Gasteiger partial charge < -0.3 is 28.6 Å². The molecule has 0 atom stereocenters. The van der Waals surface area contributed by atoms with E-state index < -0.39 is 0 Å². The average Bonchev–Trinajstić information content (AvgIpc) is 3.01. The lowest BCUT2D eigenvalue weighted by Crippen LogP contribution is -2.31. The van der Waals surface area contributed by atoms with Gasteiger partial charge in [-0.25, -0.2) is 0 Å². The normalized spacial score (nSPS) is 13.0. The molecule has 2 aromatic rings. The first-order chi connectivity index (χ1) is 14.6. The Morgan fingerprint density at radius 1 is 1.03 bits per heavy atom. The number of hydrogen-bond donors (Lipinski definition) is 0. The molecular weight excluding hydrogens is 386 g/mol. The first-order valence-electron chi connectivity index (χ1n) is 10.1. The zero-order valence-electron chi connectivity index (χ0n) is 18.2. The van der Waals surface area contributed by atoms with Gasteiger partial charge in [0.1, 0.15) is 12.4 Å². The van der Waals surface area contributed by atoms with Crippen molar-refractivity contribution in [2.24, 2.45) is 0 Å². The van der Waals surface area contributed by atoms with E-state index in [-0.39, 0.29) is 5.91 Å². The van der Waals surface area contributed by atoms with Crippen molar-refractivity contribution in [1.29, 1.82) is 0 Å². The van der Waals surface area contributed by atoms with Crippen molar-refractivity contribution in [3.05, 3.63) is 29.8 Å². The molecule has 7 heteroatoms. The highest BCUT2D eigenvalue weighted by Crippen LogP contribution is 2.47. The lowest BCUT2D eigenvalue weighted by molar-refractivity contribution is -0.131. The van der Waals surface area contributed by atoms with Crippen LogP contribution in [0.15, 0.2) is 24.3 Å². The molecule has 0 spiro atoms. The molecule has 0 radical (unpaired) electrons. The fourth-order valence-corrected chi connectivity index (χ4v) is 3.66. The third kappa shape index (κ3) is 4.10. The minimum absolute atomic E-state index is 0.0722. The largest absolute Gasteiger partial charge is 0.496 e. The second-order valence-corrected chi connectivity index (χ2v) is 6.78. The van der Waals surface area contributed by atoms with E-state index >= 15 is 0 Å². The first-order valence-corrected chi connectivity index (χ1v) is 10.1. The minimum Gasteiger partial charge on any atom is -0.496 e. The Kier molecular flexibility index (Phi) is 6.92. The molecule has 162 valence electrons. The van der Waals surface area contributed by atoms with Crippen LogP contribution in [0.5, 0.6) is 28.7 Å². The number of ether oxygens (including phenoxy) is 5. The Labute approximate surface area is 177 Å². The van der Waals surface area contributed by atoms with E-state index in [2.05, 4.69) is 0 Å². The predicted octanol–water partition coefficient (Wildman–Crippen LogP) is 3.91. The van der Waals surface area contributed by atoms with Crippen molar-refractivity contribution in [3.8, 4) is 39.9 Å². The third-order valence-electron chi connectivity index (χ3n) is 5.10. The second kappa shape index (κ2) is 9.61. The molecule has 1 aliphatic rings. The van der Waals surface area contributed by atoms with Crippen LogP contribution >= 0.6 is 0 Å². The molecule has 1 heterocycles. The first kappa shape index (κ1) is 21.6. The quantitative estimate of drug-likeness (QED) is 0.683. The molecule has 30 heavy (non-hydrogen) atoms. The molecule has 0 unspecified atom stereocenters. The van der Waals surface area contributed by atoms with E-state index in [1.54, 1.807) is 26.2 Å². The molecule has 7 nitrogen and oxygen atoms in total. The van der Waals surface area contributed by atoms with Crippen LogP contribution in [0.2, 0.25) is 0 Å². The molecule has 2 aromatic carbocycles. The average molecular weight is 415 g/mol. The SMILES string of the molecule is CCOc1cc(-c2ccc(OC)c(OC)c2)c(OC)c2c1OCCN(C(=O)CC)C2. The fraction of sp³-hybridized carbons (Fsp3) is 0.435. The summed E-state index contributed by atoms with van der Waals surface area (Å²) >= 11 is 0. The monoisotopic (exact) mass is 415 g/mol. The van der Waals surface area contributed by atoms with Gasteiger partial charge in [-0.1, -0.05) is 13.0 Å². The molecule has 0 aromatic heterocycles. The Hall–Kier alpha value is -3.09. The molecule has 3 rings (SSSR count). The summed E-state index contributed by atoms with van der Waals surface area (Å²) in [5.74, 6) is 3.24. The van der Waals surface area contributed by atoms with Crippen molar-refractivity contribution in [1.82, 2.24) is 4.90 Å². The summed E-state index contributed by atoms with van der Waals surface area (Å²) in [4.78, 5) is 14.2. The number of rotatable bonds is 7. The minimum atomic E-state index is 0.0722. The van der Waals surface area contributed by atoms with Gasteiger partial charge in [0.2, 0.25) is 5.91 Å². The third-order valence-corrected chi connectivity index (χ3v) is 5.10. The van der Waals surface area contributed by atoms with E-state index in [1.165, 1.54) is 0 Å². The number of carbonyl (C=O) groups excluding carboxylic acids is 1. The van der Waals surface area contributed by atoms with Crippen LogP contribution in [0, 0.1) is 0 Å². The molecule has 0 N–H and O–H groups in total. The molecule has 0 fully saturated rings. The summed E-state index contributed by atoms with van der Waals surface area (Å²) in [6.07, 6.45) is 0.436. The van der Waals surface area contributed by atoms with Gasteiger partial charge in [-0.2, -0.15) is 0 Å². The van der Waals surface area contributed by atoms with Crippen molar-refractivity contribution in [2.45, 2.75) is 26.8 Å². The molecule has 1 amide bonds. The van der Waals surface area contributed by atoms with Gasteiger partial charge in [-0.15, -0.1) is 0 Å². The highest BCUT2D eigenvalue weighted by Gasteiger charge is 2.28. The zero-order chi connectivity index (χ0) is 21.7. The van der Waals surface area contributed by atoms with Crippen molar-refractivity contribution in [2.75, 3.05) is 41.1 Å². The van der Waals surface area contributed by atoms with Crippen molar-refractivity contribution in [3.63, 3.8) is 0 Å². The molecule has 0 aliphatic carbocycles. The van der Waals surface area contributed by atoms with Crippen LogP contribution in [0.25, 0.3) is 11.1 Å². The molecule has 1 aliphatic heterocycles. The number of amides is 1. The number of benzene rings is 2. The molecule has 0 saturated carbocycles.